The Morgan fingerprint density at radius 2 is 1.22 bits per heavy atom. The first-order chi connectivity index (χ1) is 62.0. The van der Waals surface area contributed by atoms with E-state index in [-0.39, 0.29) is 91.8 Å². The van der Waals surface area contributed by atoms with Crippen LogP contribution in [-0.2, 0) is 111 Å². The number of phenols is 2. The number of aromatic nitrogens is 4. The van der Waals surface area contributed by atoms with Gasteiger partial charge in [0.25, 0.3) is 0 Å². The monoisotopic (exact) mass is 1820 g/mol. The standard InChI is InChI=1S/C95H119FN16O16S2/c1-10-18-64(39-56(2)113)86(120)108-78-54-130-52-62-20-16-19-61(40-62)51-129-53-77(84(98)119)103-82(118)50-110(7)94(128)79(43-60-25-31-67(96)32-26-60)112(9)93(127)76(42-59-29-35-70(115)36-30-59)107-88(122)75(45-66-48-101-85-71(66)23-17-38-100-85)105-87(121)72(63-21-12-11-13-22-63)47-80(116)57(3)111(8)92(126)65(44-68-49-99-55-102-68)46-81(117)73(24-14-15-37-97)104-91(125)83(95(4,5)6)109-89(123)74(106-90(78)124)41-58-27-33-69(114)34-28-58/h11-13,16-17,19-23,25-36,38,40,48-49,55,57,64-65,72-79,83,114-115H,10,14-15,18,24,37,39,41-47,50-54,97H2,1-9H3,(H2,98,119)(H,99,102)(H,100,101)(H,103,118)(H,104,125)(H,105,121)(H,106,124)(H,107,122)(H,108,120)(H,109,123)/t57-,64+,65+,72-,73-,74-,75-,76-,77-,78-,79-,83+/m0/s1. The molecule has 1 aliphatic rings. The molecule has 32 nitrogen and oxygen atoms in total. The number of phenolic OH excluding ortho intramolecular Hbond substituents is 2. The third-order valence-electron chi connectivity index (χ3n) is 22.9. The number of hydrogen-bond acceptors (Lipinski definition) is 21. The van der Waals surface area contributed by atoms with E-state index in [0.717, 1.165) is 33.1 Å². The van der Waals surface area contributed by atoms with Crippen LogP contribution in [0.2, 0.25) is 0 Å². The summed E-state index contributed by atoms with van der Waals surface area (Å²) in [7, 11) is 3.99. The normalized spacial score (nSPS) is 22.0. The van der Waals surface area contributed by atoms with Crippen molar-refractivity contribution in [2.75, 3.05) is 45.7 Å². The fraction of sp³-hybridized carbons (Fsp3) is 0.432. The Kier molecular flexibility index (Phi) is 37.9. The molecule has 9 rings (SSSR count). The second kappa shape index (κ2) is 48.7. The van der Waals surface area contributed by atoms with Crippen LogP contribution in [0, 0.1) is 23.1 Å². The molecule has 2 bridgehead atoms. The number of carbonyl (C=O) groups is 14. The second-order valence-corrected chi connectivity index (χ2v) is 36.3. The average molecular weight is 1820 g/mol. The van der Waals surface area contributed by atoms with Gasteiger partial charge in [0, 0.05) is 131 Å². The number of pyridine rings is 1. The number of unbranched alkanes of at least 4 members (excludes halogenated alkanes) is 1. The van der Waals surface area contributed by atoms with Gasteiger partial charge in [0.2, 0.25) is 65.0 Å². The van der Waals surface area contributed by atoms with Crippen molar-refractivity contribution >= 4 is 117 Å². The van der Waals surface area contributed by atoms with Crippen molar-refractivity contribution in [3.8, 4) is 11.5 Å². The molecule has 130 heavy (non-hydrogen) atoms. The van der Waals surface area contributed by atoms with Crippen molar-refractivity contribution in [3.63, 3.8) is 0 Å². The number of imidazole rings is 1. The van der Waals surface area contributed by atoms with Crippen LogP contribution in [0.4, 0.5) is 4.39 Å². The number of nitrogens with zero attached hydrogens (tertiary/aromatic N) is 5. The van der Waals surface area contributed by atoms with E-state index < -0.39 is 179 Å². The number of ketones is 3. The lowest BCUT2D eigenvalue weighted by Gasteiger charge is -2.34. The summed E-state index contributed by atoms with van der Waals surface area (Å²) >= 11 is 2.51. The topological polar surface area (TPSA) is 483 Å². The first kappa shape index (κ1) is 101. The van der Waals surface area contributed by atoms with Crippen molar-refractivity contribution in [1.82, 2.24) is 71.9 Å². The Balaban J connectivity index is 1.10. The van der Waals surface area contributed by atoms with Gasteiger partial charge in [0.05, 0.1) is 36.8 Å². The first-order valence-electron chi connectivity index (χ1n) is 43.4. The Hall–Kier alpha value is -12.6. The van der Waals surface area contributed by atoms with Gasteiger partial charge in [-0.3, -0.25) is 62.3 Å². The minimum atomic E-state index is -1.59. The van der Waals surface area contributed by atoms with Crippen molar-refractivity contribution in [2.45, 2.75) is 197 Å². The molecule has 694 valence electrons. The minimum absolute atomic E-state index is 0.0185. The quantitative estimate of drug-likeness (QED) is 0.0325. The number of halogens is 1. The third kappa shape index (κ3) is 30.0. The fourth-order valence-electron chi connectivity index (χ4n) is 15.5. The largest absolute Gasteiger partial charge is 0.508 e. The van der Waals surface area contributed by atoms with Gasteiger partial charge in [0.1, 0.15) is 71.0 Å². The van der Waals surface area contributed by atoms with Crippen LogP contribution in [-0.4, -0.2) is 227 Å². The number of aromatic hydroxyl groups is 2. The summed E-state index contributed by atoms with van der Waals surface area (Å²) in [6.07, 6.45) is 5.21. The molecule has 15 N–H and O–H groups in total. The molecule has 0 aliphatic carbocycles. The molecule has 0 spiro atoms. The van der Waals surface area contributed by atoms with Gasteiger partial charge in [-0.05, 0) is 139 Å². The molecular weight excluding hydrogens is 1700 g/mol. The number of benzene rings is 5. The van der Waals surface area contributed by atoms with E-state index in [1.54, 1.807) is 93.8 Å². The molecule has 0 radical (unpaired) electrons. The molecule has 35 heteroatoms. The van der Waals surface area contributed by atoms with Gasteiger partial charge in [0.15, 0.2) is 11.6 Å². The molecule has 4 heterocycles. The highest BCUT2D eigenvalue weighted by atomic mass is 32.2. The van der Waals surface area contributed by atoms with E-state index in [1.807, 2.05) is 25.1 Å². The lowest BCUT2D eigenvalue weighted by atomic mass is 9.85. The van der Waals surface area contributed by atoms with Crippen LogP contribution >= 0.6 is 23.5 Å². The predicted octanol–water partition coefficient (Wildman–Crippen LogP) is 6.43. The molecule has 3 aromatic heterocycles. The highest BCUT2D eigenvalue weighted by Crippen LogP contribution is 2.30. The highest BCUT2D eigenvalue weighted by Gasteiger charge is 2.42. The number of Topliss-reactive ketones (excluding diaryl/α,β-unsaturated/α-hetero) is 3. The number of rotatable bonds is 22. The highest BCUT2D eigenvalue weighted by molar-refractivity contribution is 7.98. The van der Waals surface area contributed by atoms with Gasteiger partial charge in [-0.1, -0.05) is 125 Å². The maximum atomic E-state index is 15.7. The molecule has 0 saturated carbocycles. The smallest absolute Gasteiger partial charge is 0.245 e. The third-order valence-corrected chi connectivity index (χ3v) is 25.2. The lowest BCUT2D eigenvalue weighted by Crippen LogP contribution is -2.61. The zero-order valence-electron chi connectivity index (χ0n) is 74.6. The summed E-state index contributed by atoms with van der Waals surface area (Å²) in [6.45, 7) is 9.25. The number of fused-ring (bicyclic) bond motifs is 3. The molecule has 0 unspecified atom stereocenters. The Morgan fingerprint density at radius 3 is 1.84 bits per heavy atom. The van der Waals surface area contributed by atoms with Gasteiger partial charge >= 0.3 is 0 Å². The molecule has 5 aromatic carbocycles. The Labute approximate surface area is 763 Å². The molecular formula is C95H119FN16O16S2. The van der Waals surface area contributed by atoms with E-state index in [2.05, 4.69) is 57.2 Å². The van der Waals surface area contributed by atoms with Gasteiger partial charge in [-0.2, -0.15) is 23.5 Å². The number of carbonyl (C=O) groups excluding carboxylic acids is 14. The van der Waals surface area contributed by atoms with Crippen LogP contribution in [0.1, 0.15) is 143 Å². The Bertz CT molecular complexity index is 5240. The number of nitrogens with two attached hydrogens (primary N) is 2. The van der Waals surface area contributed by atoms with Crippen molar-refractivity contribution < 1.29 is 81.7 Å². The van der Waals surface area contributed by atoms with Crippen LogP contribution in [0.15, 0.2) is 164 Å². The summed E-state index contributed by atoms with van der Waals surface area (Å²) in [4.78, 5) is 226. The van der Waals surface area contributed by atoms with Gasteiger partial charge in [-0.15, -0.1) is 0 Å². The maximum Gasteiger partial charge on any atom is 0.245 e. The Morgan fingerprint density at radius 1 is 0.623 bits per heavy atom. The molecule has 12 atom stereocenters. The number of aromatic amines is 2. The summed E-state index contributed by atoms with van der Waals surface area (Å²) in [5, 5.41) is 41.3. The summed E-state index contributed by atoms with van der Waals surface area (Å²) < 4.78 is 14.6. The molecule has 1 aliphatic heterocycles. The van der Waals surface area contributed by atoms with E-state index in [0.29, 0.717) is 70.2 Å². The van der Waals surface area contributed by atoms with Crippen molar-refractivity contribution in [1.29, 1.82) is 0 Å². The average Bonchev–Trinajstić information content (AvgIpc) is 1.90. The predicted molar refractivity (Wildman–Crippen MR) is 492 cm³/mol. The van der Waals surface area contributed by atoms with Gasteiger partial charge < -0.3 is 88.4 Å². The zero-order valence-corrected chi connectivity index (χ0v) is 76.3. The number of primary amides is 1. The SMILES string of the molecule is CCC[C@H](CC(C)=O)C(=O)N[C@H]1CSCc2cccc(c2)CSC[C@@H](C(N)=O)NC(=O)CN(C)C(=O)[C@H](Cc2ccc(F)cc2)N(C)C(=O)[C@H](Cc2ccc(O)cc2)NC(=O)[C@H](Cc2c[nH]c3ncccc23)NC(=O)[C@H](c2ccccc2)CC(=O)[C@H](C)N(C)C(=O)[C@H](Cc2cnc[nH]2)CC(=O)[C@H](CCCCN)NC(=O)[C@H](C(C)(C)C)NC(=O)[C@H](Cc2ccc(O)cc2)NC1=O. The van der Waals surface area contributed by atoms with E-state index in [4.69, 9.17) is 11.5 Å². The second-order valence-electron chi connectivity index (χ2n) is 34.2. The van der Waals surface area contributed by atoms with E-state index >= 15 is 47.9 Å². The molecule has 0 fully saturated rings. The van der Waals surface area contributed by atoms with E-state index in [1.165, 1.54) is 124 Å². The number of H-pyrrole nitrogens is 2. The molecule has 8 aromatic rings. The van der Waals surface area contributed by atoms with Crippen molar-refractivity contribution in [3.05, 3.63) is 215 Å². The minimum Gasteiger partial charge on any atom is -0.508 e. The summed E-state index contributed by atoms with van der Waals surface area (Å²) in [5.74, 6) is -14.2. The zero-order chi connectivity index (χ0) is 94.5. The number of thioether (sulfide) groups is 2. The number of likely N-dealkylation sites (N-methyl/N-ethyl adjacent to an activating group) is 3. The van der Waals surface area contributed by atoms with Crippen LogP contribution in [0.25, 0.3) is 11.0 Å². The maximum absolute atomic E-state index is 15.7. The van der Waals surface area contributed by atoms with Crippen LogP contribution < -0.4 is 48.7 Å². The van der Waals surface area contributed by atoms with Crippen molar-refractivity contribution in [2.24, 2.45) is 28.7 Å². The lowest BCUT2D eigenvalue weighted by molar-refractivity contribution is -0.146. The summed E-state index contributed by atoms with van der Waals surface area (Å²) in [5.41, 5.74) is 15.3. The number of hydrogen-bond donors (Lipinski definition) is 13. The summed E-state index contributed by atoms with van der Waals surface area (Å²) in [6, 6.07) is 22.9. The van der Waals surface area contributed by atoms with Crippen LogP contribution in [0.5, 0.6) is 11.5 Å². The molecule has 0 saturated heterocycles. The van der Waals surface area contributed by atoms with Crippen LogP contribution in [0.3, 0.4) is 0 Å². The molecule has 11 amide bonds. The van der Waals surface area contributed by atoms with E-state index in [9.17, 15) is 33.8 Å². The van der Waals surface area contributed by atoms with Gasteiger partial charge in [-0.25, -0.2) is 14.4 Å². The number of nitrogens with one attached hydrogen (secondary N) is 9. The number of amides is 11. The first-order valence-corrected chi connectivity index (χ1v) is 45.7. The fourth-order valence-corrected chi connectivity index (χ4v) is 17.5.